The number of nitrogens with one attached hydrogen (secondary N) is 1. The Labute approximate surface area is 124 Å². The first-order chi connectivity index (χ1) is 9.78. The van der Waals surface area contributed by atoms with E-state index in [-0.39, 0.29) is 17.7 Å². The minimum atomic E-state index is -0.940. The third kappa shape index (κ3) is 3.77. The van der Waals surface area contributed by atoms with Crippen molar-refractivity contribution in [1.82, 2.24) is 9.88 Å². The molecule has 1 saturated heterocycles. The molecule has 0 radical (unpaired) electrons. The van der Waals surface area contributed by atoms with Crippen molar-refractivity contribution in [3.63, 3.8) is 0 Å². The zero-order chi connectivity index (χ0) is 15.6. The Morgan fingerprint density at radius 3 is 2.48 bits per heavy atom. The second-order valence-corrected chi connectivity index (χ2v) is 6.35. The molecule has 0 aliphatic carbocycles. The number of aromatic nitrogens is 1. The topological polar surface area (TPSA) is 82.6 Å². The van der Waals surface area contributed by atoms with Gasteiger partial charge in [-0.1, -0.05) is 0 Å². The summed E-state index contributed by atoms with van der Waals surface area (Å²) in [4.78, 5) is 27.6. The van der Waals surface area contributed by atoms with Crippen molar-refractivity contribution in [2.75, 3.05) is 13.1 Å². The van der Waals surface area contributed by atoms with E-state index in [1.54, 1.807) is 11.1 Å². The van der Waals surface area contributed by atoms with Crippen LogP contribution in [0.25, 0.3) is 0 Å². The van der Waals surface area contributed by atoms with Crippen molar-refractivity contribution in [3.05, 3.63) is 23.5 Å². The second kappa shape index (κ2) is 5.79. The molecule has 1 aromatic rings. The lowest BCUT2D eigenvalue weighted by atomic mass is 9.89. The number of likely N-dealkylation sites (tertiary alicyclic amines) is 1. The number of carboxylic acids is 1. The summed E-state index contributed by atoms with van der Waals surface area (Å²) < 4.78 is 5.35. The van der Waals surface area contributed by atoms with Gasteiger partial charge in [0.2, 0.25) is 0 Å². The van der Waals surface area contributed by atoms with Gasteiger partial charge >= 0.3 is 12.1 Å². The molecule has 1 aliphatic heterocycles. The Kier molecular flexibility index (Phi) is 4.25. The summed E-state index contributed by atoms with van der Waals surface area (Å²) in [5.41, 5.74) is 0.586. The van der Waals surface area contributed by atoms with Crippen LogP contribution in [0.2, 0.25) is 0 Å². The zero-order valence-electron chi connectivity index (χ0n) is 12.7. The fourth-order valence-corrected chi connectivity index (χ4v) is 2.61. The van der Waals surface area contributed by atoms with Gasteiger partial charge in [0, 0.05) is 19.3 Å². The molecule has 2 heterocycles. The first kappa shape index (κ1) is 15.4. The summed E-state index contributed by atoms with van der Waals surface area (Å²) in [6.07, 6.45) is 2.85. The molecule has 1 amide bonds. The average Bonchev–Trinajstić information content (AvgIpc) is 2.86. The van der Waals surface area contributed by atoms with Crippen molar-refractivity contribution in [3.8, 4) is 0 Å². The molecule has 1 fully saturated rings. The summed E-state index contributed by atoms with van der Waals surface area (Å²) in [6.45, 7) is 6.71. The first-order valence-corrected chi connectivity index (χ1v) is 7.16. The monoisotopic (exact) mass is 294 g/mol. The Morgan fingerprint density at radius 1 is 1.33 bits per heavy atom. The number of amides is 1. The van der Waals surface area contributed by atoms with E-state index < -0.39 is 11.6 Å². The van der Waals surface area contributed by atoms with Gasteiger partial charge in [-0.3, -0.25) is 0 Å². The number of aromatic carboxylic acids is 1. The first-order valence-electron chi connectivity index (χ1n) is 7.16. The summed E-state index contributed by atoms with van der Waals surface area (Å²) in [6, 6.07) is 1.82. The highest BCUT2D eigenvalue weighted by molar-refractivity contribution is 5.87. The van der Waals surface area contributed by atoms with Gasteiger partial charge in [-0.2, -0.15) is 0 Å². The average molecular weight is 294 g/mol. The lowest BCUT2D eigenvalue weighted by Crippen LogP contribution is -2.41. The van der Waals surface area contributed by atoms with E-state index in [0.29, 0.717) is 13.1 Å². The molecule has 6 nitrogen and oxygen atoms in total. The van der Waals surface area contributed by atoms with E-state index in [1.807, 2.05) is 26.8 Å². The standard InChI is InChI=1S/C15H22N2O4/c1-15(2,3)21-14(20)17-8-5-10(6-9-17)11-4-7-16-12(11)13(18)19/h4,7,10,16H,5-6,8-9H2,1-3H3,(H,18,19). The third-order valence-corrected chi connectivity index (χ3v) is 3.58. The summed E-state index contributed by atoms with van der Waals surface area (Å²) in [5, 5.41) is 9.14. The smallest absolute Gasteiger partial charge is 0.410 e. The maximum atomic E-state index is 12.0. The normalized spacial score (nSPS) is 16.8. The fourth-order valence-electron chi connectivity index (χ4n) is 2.61. The predicted molar refractivity (Wildman–Crippen MR) is 77.5 cm³/mol. The van der Waals surface area contributed by atoms with Gasteiger partial charge in [0.15, 0.2) is 0 Å². The van der Waals surface area contributed by atoms with Gasteiger partial charge in [-0.15, -0.1) is 0 Å². The van der Waals surface area contributed by atoms with E-state index in [4.69, 9.17) is 9.84 Å². The third-order valence-electron chi connectivity index (χ3n) is 3.58. The number of rotatable bonds is 2. The van der Waals surface area contributed by atoms with Crippen LogP contribution in [-0.2, 0) is 4.74 Å². The molecule has 2 N–H and O–H groups in total. The Hall–Kier alpha value is -1.98. The molecule has 116 valence electrons. The molecular weight excluding hydrogens is 272 g/mol. The maximum absolute atomic E-state index is 12.0. The van der Waals surface area contributed by atoms with E-state index in [0.717, 1.165) is 18.4 Å². The van der Waals surface area contributed by atoms with Crippen LogP contribution < -0.4 is 0 Å². The Morgan fingerprint density at radius 2 is 1.95 bits per heavy atom. The lowest BCUT2D eigenvalue weighted by Gasteiger charge is -2.33. The van der Waals surface area contributed by atoms with Crippen LogP contribution in [0.3, 0.4) is 0 Å². The van der Waals surface area contributed by atoms with Crippen LogP contribution in [0.1, 0.15) is 55.6 Å². The number of carboxylic acid groups (broad SMARTS) is 1. The van der Waals surface area contributed by atoms with Crippen LogP contribution in [-0.4, -0.2) is 45.7 Å². The van der Waals surface area contributed by atoms with Gasteiger partial charge in [-0.25, -0.2) is 9.59 Å². The van der Waals surface area contributed by atoms with Gasteiger partial charge in [-0.05, 0) is 51.2 Å². The molecule has 1 aliphatic rings. The highest BCUT2D eigenvalue weighted by Crippen LogP contribution is 2.30. The quantitative estimate of drug-likeness (QED) is 0.878. The van der Waals surface area contributed by atoms with Crippen LogP contribution >= 0.6 is 0 Å². The number of nitrogens with zero attached hydrogens (tertiary/aromatic N) is 1. The van der Waals surface area contributed by atoms with Crippen LogP contribution in [0.15, 0.2) is 12.3 Å². The van der Waals surface area contributed by atoms with Crippen LogP contribution in [0.4, 0.5) is 4.79 Å². The molecular formula is C15H22N2O4. The molecule has 0 unspecified atom stereocenters. The predicted octanol–water partition coefficient (Wildman–Crippen LogP) is 2.83. The van der Waals surface area contributed by atoms with Gasteiger partial charge < -0.3 is 19.7 Å². The number of hydrogen-bond donors (Lipinski definition) is 2. The van der Waals surface area contributed by atoms with E-state index in [9.17, 15) is 9.59 Å². The zero-order valence-corrected chi connectivity index (χ0v) is 12.7. The fraction of sp³-hybridized carbons (Fsp3) is 0.600. The van der Waals surface area contributed by atoms with Crippen molar-refractivity contribution in [2.45, 2.75) is 45.1 Å². The molecule has 0 spiro atoms. The largest absolute Gasteiger partial charge is 0.477 e. The molecule has 0 bridgehead atoms. The highest BCUT2D eigenvalue weighted by Gasteiger charge is 2.29. The number of ether oxygens (including phenoxy) is 1. The maximum Gasteiger partial charge on any atom is 0.410 e. The number of carbonyl (C=O) groups excluding carboxylic acids is 1. The second-order valence-electron chi connectivity index (χ2n) is 6.35. The molecule has 2 rings (SSSR count). The number of carbonyl (C=O) groups is 2. The minimum Gasteiger partial charge on any atom is -0.477 e. The van der Waals surface area contributed by atoms with Crippen molar-refractivity contribution in [2.24, 2.45) is 0 Å². The Balaban J connectivity index is 1.96. The number of aromatic amines is 1. The van der Waals surface area contributed by atoms with Crippen molar-refractivity contribution < 1.29 is 19.4 Å². The van der Waals surface area contributed by atoms with Crippen LogP contribution in [0.5, 0.6) is 0 Å². The lowest BCUT2D eigenvalue weighted by molar-refractivity contribution is 0.0204. The molecule has 1 aromatic heterocycles. The molecule has 21 heavy (non-hydrogen) atoms. The Bertz CT molecular complexity index is 522. The molecule has 0 atom stereocenters. The molecule has 0 aromatic carbocycles. The molecule has 6 heteroatoms. The highest BCUT2D eigenvalue weighted by atomic mass is 16.6. The number of hydrogen-bond acceptors (Lipinski definition) is 3. The van der Waals surface area contributed by atoms with E-state index in [1.165, 1.54) is 0 Å². The summed E-state index contributed by atoms with van der Waals surface area (Å²) in [5.74, 6) is -0.773. The van der Waals surface area contributed by atoms with Crippen molar-refractivity contribution in [1.29, 1.82) is 0 Å². The van der Waals surface area contributed by atoms with Gasteiger partial charge in [0.1, 0.15) is 11.3 Å². The number of H-pyrrole nitrogens is 1. The number of piperidine rings is 1. The van der Waals surface area contributed by atoms with Gasteiger partial charge in [0.25, 0.3) is 0 Å². The van der Waals surface area contributed by atoms with Crippen molar-refractivity contribution >= 4 is 12.1 Å². The molecule has 0 saturated carbocycles. The van der Waals surface area contributed by atoms with Gasteiger partial charge in [0.05, 0.1) is 0 Å². The van der Waals surface area contributed by atoms with E-state index in [2.05, 4.69) is 4.98 Å². The summed E-state index contributed by atoms with van der Waals surface area (Å²) in [7, 11) is 0. The summed E-state index contributed by atoms with van der Waals surface area (Å²) >= 11 is 0. The van der Waals surface area contributed by atoms with Crippen LogP contribution in [0, 0.1) is 0 Å². The SMILES string of the molecule is CC(C)(C)OC(=O)N1CCC(c2cc[nH]c2C(=O)O)CC1. The van der Waals surface area contributed by atoms with E-state index >= 15 is 0 Å². The minimum absolute atomic E-state index is 0.168.